The van der Waals surface area contributed by atoms with Crippen LogP contribution in [0.2, 0.25) is 0 Å². The van der Waals surface area contributed by atoms with Crippen molar-refractivity contribution in [2.24, 2.45) is 0 Å². The summed E-state index contributed by atoms with van der Waals surface area (Å²) in [6, 6.07) is 9.62. The zero-order valence-corrected chi connectivity index (χ0v) is 16.9. The van der Waals surface area contributed by atoms with E-state index >= 15 is 0 Å². The fourth-order valence-electron chi connectivity index (χ4n) is 2.50. The molecular weight excluding hydrogens is 376 g/mol. The van der Waals surface area contributed by atoms with E-state index in [-0.39, 0.29) is 17.5 Å². The minimum atomic E-state index is -0.660. The number of nitrogens with zero attached hydrogens (tertiary/aromatic N) is 1. The van der Waals surface area contributed by atoms with Crippen LogP contribution in [-0.2, 0) is 20.9 Å². The molecule has 0 heterocycles. The van der Waals surface area contributed by atoms with E-state index in [1.54, 1.807) is 44.2 Å². The topological polar surface area (TPSA) is 108 Å². The lowest BCUT2D eigenvalue weighted by molar-refractivity contribution is -0.384. The maximum atomic E-state index is 12.2. The van der Waals surface area contributed by atoms with Gasteiger partial charge in [0.1, 0.15) is 5.69 Å². The summed E-state index contributed by atoms with van der Waals surface area (Å²) in [4.78, 5) is 34.9. The first-order valence-corrected chi connectivity index (χ1v) is 9.11. The first-order chi connectivity index (χ1) is 13.7. The number of benzene rings is 2. The molecule has 0 unspecified atom stereocenters. The third kappa shape index (κ3) is 6.11. The van der Waals surface area contributed by atoms with E-state index < -0.39 is 23.4 Å². The fraction of sp³-hybridized carbons (Fsp3) is 0.333. The first-order valence-electron chi connectivity index (χ1n) is 9.11. The summed E-state index contributed by atoms with van der Waals surface area (Å²) in [5, 5.41) is 13.7. The zero-order valence-electron chi connectivity index (χ0n) is 16.9. The summed E-state index contributed by atoms with van der Waals surface area (Å²) in [7, 11) is 0. The van der Waals surface area contributed by atoms with Gasteiger partial charge in [-0.3, -0.25) is 14.9 Å². The number of hydrogen-bond donors (Lipinski definition) is 1. The number of carbonyl (C=O) groups excluding carboxylic acids is 2. The van der Waals surface area contributed by atoms with Crippen LogP contribution in [0.25, 0.3) is 0 Å². The standard InChI is InChI=1S/C21H24N2O6/c1-13(2)28-11-16-6-8-17(9-7-16)21(25)29-12-19(24)22-20-15(4)14(3)5-10-18(20)23(26)27/h5-10,13H,11-12H2,1-4H3,(H,22,24). The Labute approximate surface area is 169 Å². The molecule has 0 bridgehead atoms. The maximum Gasteiger partial charge on any atom is 0.338 e. The van der Waals surface area contributed by atoms with Gasteiger partial charge in [-0.2, -0.15) is 0 Å². The van der Waals surface area contributed by atoms with Crippen LogP contribution in [0.15, 0.2) is 36.4 Å². The van der Waals surface area contributed by atoms with E-state index in [2.05, 4.69) is 5.32 Å². The van der Waals surface area contributed by atoms with Crippen molar-refractivity contribution >= 4 is 23.3 Å². The average molecular weight is 400 g/mol. The molecule has 0 fully saturated rings. The molecule has 2 aromatic carbocycles. The van der Waals surface area contributed by atoms with Crippen molar-refractivity contribution in [3.8, 4) is 0 Å². The van der Waals surface area contributed by atoms with Gasteiger partial charge < -0.3 is 14.8 Å². The average Bonchev–Trinajstić information content (AvgIpc) is 2.68. The van der Waals surface area contributed by atoms with Crippen LogP contribution in [0, 0.1) is 24.0 Å². The molecule has 0 aliphatic heterocycles. The second-order valence-electron chi connectivity index (χ2n) is 6.84. The third-order valence-corrected chi connectivity index (χ3v) is 4.28. The number of carbonyl (C=O) groups is 2. The zero-order chi connectivity index (χ0) is 21.6. The SMILES string of the molecule is Cc1ccc([N+](=O)[O-])c(NC(=O)COC(=O)c2ccc(COC(C)C)cc2)c1C. The molecule has 29 heavy (non-hydrogen) atoms. The molecule has 0 aromatic heterocycles. The first kappa shape index (κ1) is 22.0. The Hall–Kier alpha value is -3.26. The van der Waals surface area contributed by atoms with Gasteiger partial charge in [0.05, 0.1) is 23.2 Å². The number of nitro benzene ring substituents is 1. The second kappa shape index (κ2) is 9.79. The minimum Gasteiger partial charge on any atom is -0.452 e. The van der Waals surface area contributed by atoms with E-state index in [9.17, 15) is 19.7 Å². The number of anilines is 1. The van der Waals surface area contributed by atoms with E-state index in [0.717, 1.165) is 11.1 Å². The summed E-state index contributed by atoms with van der Waals surface area (Å²) >= 11 is 0. The minimum absolute atomic E-state index is 0.102. The number of nitro groups is 1. The van der Waals surface area contributed by atoms with Crippen molar-refractivity contribution < 1.29 is 24.0 Å². The Morgan fingerprint density at radius 2 is 1.76 bits per heavy atom. The lowest BCUT2D eigenvalue weighted by Gasteiger charge is -2.11. The number of amides is 1. The van der Waals surface area contributed by atoms with E-state index in [1.807, 2.05) is 13.8 Å². The van der Waals surface area contributed by atoms with Gasteiger partial charge in [0, 0.05) is 6.07 Å². The number of ether oxygens (including phenoxy) is 2. The van der Waals surface area contributed by atoms with Gasteiger partial charge in [-0.25, -0.2) is 4.79 Å². The lowest BCUT2D eigenvalue weighted by atomic mass is 10.1. The quantitative estimate of drug-likeness (QED) is 0.409. The molecule has 1 amide bonds. The molecule has 2 rings (SSSR count). The molecule has 8 heteroatoms. The van der Waals surface area contributed by atoms with Crippen molar-refractivity contribution in [1.82, 2.24) is 0 Å². The monoisotopic (exact) mass is 400 g/mol. The highest BCUT2D eigenvalue weighted by molar-refractivity contribution is 5.97. The molecule has 8 nitrogen and oxygen atoms in total. The molecule has 0 aliphatic carbocycles. The van der Waals surface area contributed by atoms with Gasteiger partial charge in [-0.1, -0.05) is 18.2 Å². The van der Waals surface area contributed by atoms with Crippen LogP contribution < -0.4 is 5.32 Å². The summed E-state index contributed by atoms with van der Waals surface area (Å²) in [6.45, 7) is 7.21. The molecule has 0 spiro atoms. The third-order valence-electron chi connectivity index (χ3n) is 4.28. The second-order valence-corrected chi connectivity index (χ2v) is 6.84. The fourth-order valence-corrected chi connectivity index (χ4v) is 2.50. The molecule has 0 aliphatic rings. The number of aryl methyl sites for hydroxylation is 1. The van der Waals surface area contributed by atoms with Crippen LogP contribution in [0.3, 0.4) is 0 Å². The van der Waals surface area contributed by atoms with E-state index in [1.165, 1.54) is 6.07 Å². The van der Waals surface area contributed by atoms with Gasteiger partial charge >= 0.3 is 5.97 Å². The maximum absolute atomic E-state index is 12.2. The molecule has 154 valence electrons. The molecule has 0 saturated heterocycles. The molecule has 0 saturated carbocycles. The summed E-state index contributed by atoms with van der Waals surface area (Å²) in [5.74, 6) is -1.32. The van der Waals surface area contributed by atoms with Crippen molar-refractivity contribution in [3.05, 3.63) is 68.8 Å². The van der Waals surface area contributed by atoms with Crippen molar-refractivity contribution in [1.29, 1.82) is 0 Å². The number of nitrogens with one attached hydrogen (secondary N) is 1. The van der Waals surface area contributed by atoms with Gasteiger partial charge in [-0.05, 0) is 56.5 Å². The largest absolute Gasteiger partial charge is 0.452 e. The Balaban J connectivity index is 1.97. The molecule has 1 N–H and O–H groups in total. The van der Waals surface area contributed by atoms with E-state index in [4.69, 9.17) is 9.47 Å². The molecule has 0 atom stereocenters. The van der Waals surface area contributed by atoms with Gasteiger partial charge in [0.25, 0.3) is 11.6 Å². The Morgan fingerprint density at radius 3 is 2.34 bits per heavy atom. The highest BCUT2D eigenvalue weighted by Gasteiger charge is 2.20. The molecule has 0 radical (unpaired) electrons. The highest BCUT2D eigenvalue weighted by Crippen LogP contribution is 2.30. The van der Waals surface area contributed by atoms with Crippen LogP contribution in [0.5, 0.6) is 0 Å². The summed E-state index contributed by atoms with van der Waals surface area (Å²) in [5.41, 5.74) is 2.47. The van der Waals surface area contributed by atoms with Crippen LogP contribution >= 0.6 is 0 Å². The molecular formula is C21H24N2O6. The van der Waals surface area contributed by atoms with Gasteiger partial charge in [-0.15, -0.1) is 0 Å². The Bertz CT molecular complexity index is 906. The van der Waals surface area contributed by atoms with Gasteiger partial charge in [0.15, 0.2) is 6.61 Å². The van der Waals surface area contributed by atoms with Crippen LogP contribution in [0.1, 0.15) is 40.9 Å². The summed E-state index contributed by atoms with van der Waals surface area (Å²) < 4.78 is 10.5. The predicted molar refractivity (Wildman–Crippen MR) is 108 cm³/mol. The number of hydrogen-bond acceptors (Lipinski definition) is 6. The number of esters is 1. The van der Waals surface area contributed by atoms with Crippen LogP contribution in [-0.4, -0.2) is 29.5 Å². The van der Waals surface area contributed by atoms with Gasteiger partial charge in [0.2, 0.25) is 0 Å². The highest BCUT2D eigenvalue weighted by atomic mass is 16.6. The predicted octanol–water partition coefficient (Wildman–Crippen LogP) is 3.93. The number of rotatable bonds is 8. The smallest absolute Gasteiger partial charge is 0.338 e. The van der Waals surface area contributed by atoms with Crippen molar-refractivity contribution in [2.45, 2.75) is 40.4 Å². The Morgan fingerprint density at radius 1 is 1.10 bits per heavy atom. The van der Waals surface area contributed by atoms with Crippen molar-refractivity contribution in [3.63, 3.8) is 0 Å². The van der Waals surface area contributed by atoms with Crippen LogP contribution in [0.4, 0.5) is 11.4 Å². The lowest BCUT2D eigenvalue weighted by Crippen LogP contribution is -2.22. The van der Waals surface area contributed by atoms with Crippen molar-refractivity contribution in [2.75, 3.05) is 11.9 Å². The summed E-state index contributed by atoms with van der Waals surface area (Å²) in [6.07, 6.45) is 0.103. The normalized spacial score (nSPS) is 10.7. The molecule has 2 aromatic rings. The van der Waals surface area contributed by atoms with E-state index in [0.29, 0.717) is 17.7 Å². The Kier molecular flexibility index (Phi) is 7.44.